The van der Waals surface area contributed by atoms with E-state index in [1.165, 1.54) is 83.5 Å². The number of hydrogen-bond acceptors (Lipinski definition) is 6. The fraction of sp³-hybridized carbons (Fsp3) is 1.00. The van der Waals surface area contributed by atoms with E-state index in [2.05, 4.69) is 11.8 Å². The van der Waals surface area contributed by atoms with Crippen LogP contribution in [0.1, 0.15) is 111 Å². The number of nitrogens with zero attached hydrogens (tertiary/aromatic N) is 1. The molecule has 0 radical (unpaired) electrons. The standard InChI is InChI=1S/C26H56NO6P/c1-5-8-9-10-11-12-13-14-15-16-17-18-19-20-22-31-24-26(30-4)25-33-34(28,29)32-23-21-27(6-2)7-3/h26H,5-25H2,1-4H3,(H,28,29). The minimum atomic E-state index is -4.08. The maximum absolute atomic E-state index is 12.0. The Bertz CT molecular complexity index is 465. The highest BCUT2D eigenvalue weighted by Gasteiger charge is 2.23. The molecule has 0 amide bonds. The van der Waals surface area contributed by atoms with Crippen molar-refractivity contribution in [3.05, 3.63) is 0 Å². The molecule has 34 heavy (non-hydrogen) atoms. The Hall–Kier alpha value is -0.0100. The van der Waals surface area contributed by atoms with E-state index >= 15 is 0 Å². The van der Waals surface area contributed by atoms with Crippen molar-refractivity contribution in [2.75, 3.05) is 53.2 Å². The molecule has 2 unspecified atom stereocenters. The van der Waals surface area contributed by atoms with Gasteiger partial charge in [-0.3, -0.25) is 9.05 Å². The largest absolute Gasteiger partial charge is 0.472 e. The Morgan fingerprint density at radius 3 is 1.68 bits per heavy atom. The van der Waals surface area contributed by atoms with E-state index in [-0.39, 0.29) is 13.2 Å². The highest BCUT2D eigenvalue weighted by Crippen LogP contribution is 2.43. The van der Waals surface area contributed by atoms with E-state index in [1.807, 2.05) is 13.8 Å². The van der Waals surface area contributed by atoms with Crippen LogP contribution in [0.25, 0.3) is 0 Å². The lowest BCUT2D eigenvalue weighted by molar-refractivity contribution is -0.0223. The van der Waals surface area contributed by atoms with Gasteiger partial charge in [0, 0.05) is 20.3 Å². The summed E-state index contributed by atoms with van der Waals surface area (Å²) in [7, 11) is -2.53. The van der Waals surface area contributed by atoms with Gasteiger partial charge in [0.1, 0.15) is 6.10 Å². The average Bonchev–Trinajstić information content (AvgIpc) is 2.83. The first-order valence-corrected chi connectivity index (χ1v) is 15.4. The molecule has 1 N–H and O–H groups in total. The van der Waals surface area contributed by atoms with E-state index in [0.717, 1.165) is 19.5 Å². The van der Waals surface area contributed by atoms with E-state index in [9.17, 15) is 9.46 Å². The lowest BCUT2D eigenvalue weighted by Crippen LogP contribution is -2.27. The number of ether oxygens (including phenoxy) is 2. The van der Waals surface area contributed by atoms with Crippen molar-refractivity contribution in [1.29, 1.82) is 0 Å². The van der Waals surface area contributed by atoms with Crippen molar-refractivity contribution in [3.63, 3.8) is 0 Å². The highest BCUT2D eigenvalue weighted by atomic mass is 31.2. The van der Waals surface area contributed by atoms with E-state index in [0.29, 0.717) is 19.8 Å². The van der Waals surface area contributed by atoms with Gasteiger partial charge in [0.25, 0.3) is 0 Å². The third kappa shape index (κ3) is 22.5. The summed E-state index contributed by atoms with van der Waals surface area (Å²) in [4.78, 5) is 11.9. The summed E-state index contributed by atoms with van der Waals surface area (Å²) in [5.41, 5.74) is 0. The molecule has 0 aromatic rings. The van der Waals surface area contributed by atoms with Crippen LogP contribution in [0.3, 0.4) is 0 Å². The summed E-state index contributed by atoms with van der Waals surface area (Å²) in [6, 6.07) is 0. The first-order chi connectivity index (χ1) is 16.5. The smallest absolute Gasteiger partial charge is 0.379 e. The highest BCUT2D eigenvalue weighted by molar-refractivity contribution is 7.47. The molecule has 0 aliphatic carbocycles. The van der Waals surface area contributed by atoms with Gasteiger partial charge < -0.3 is 19.3 Å². The Morgan fingerprint density at radius 2 is 1.21 bits per heavy atom. The van der Waals surface area contributed by atoms with Gasteiger partial charge in [0.05, 0.1) is 19.8 Å². The number of unbranched alkanes of at least 4 members (excludes halogenated alkanes) is 13. The zero-order valence-electron chi connectivity index (χ0n) is 22.8. The number of likely N-dealkylation sites (N-methyl/N-ethyl adjacent to an activating group) is 1. The minimum Gasteiger partial charge on any atom is -0.379 e. The lowest BCUT2D eigenvalue weighted by atomic mass is 10.0. The molecule has 0 heterocycles. The second kappa shape index (κ2) is 24.7. The molecule has 7 nitrogen and oxygen atoms in total. The van der Waals surface area contributed by atoms with Crippen LogP contribution in [0.4, 0.5) is 0 Å². The van der Waals surface area contributed by atoms with Crippen LogP contribution in [0.5, 0.6) is 0 Å². The van der Waals surface area contributed by atoms with Crippen LogP contribution in [0, 0.1) is 0 Å². The second-order valence-corrected chi connectivity index (χ2v) is 10.6. The SMILES string of the molecule is CCCCCCCCCCCCCCCCOCC(COP(=O)(O)OCCN(CC)CC)OC. The summed E-state index contributed by atoms with van der Waals surface area (Å²) in [6.07, 6.45) is 18.3. The van der Waals surface area contributed by atoms with Gasteiger partial charge in [0.15, 0.2) is 0 Å². The molecule has 0 bridgehead atoms. The molecular formula is C26H56NO6P. The van der Waals surface area contributed by atoms with E-state index in [1.54, 1.807) is 7.11 Å². The molecule has 2 atom stereocenters. The number of phosphoric acid groups is 1. The Kier molecular flexibility index (Phi) is 24.7. The van der Waals surface area contributed by atoms with Crippen LogP contribution in [0.15, 0.2) is 0 Å². The molecule has 0 spiro atoms. The Labute approximate surface area is 210 Å². The number of phosphoric ester groups is 1. The van der Waals surface area contributed by atoms with Gasteiger partial charge in [-0.25, -0.2) is 4.57 Å². The van der Waals surface area contributed by atoms with Gasteiger partial charge in [-0.2, -0.15) is 0 Å². The normalized spacial score (nSPS) is 14.5. The first-order valence-electron chi connectivity index (χ1n) is 13.9. The van der Waals surface area contributed by atoms with Gasteiger partial charge in [-0.1, -0.05) is 104 Å². The quantitative estimate of drug-likeness (QED) is 0.0946. The summed E-state index contributed by atoms with van der Waals surface area (Å²) < 4.78 is 33.1. The summed E-state index contributed by atoms with van der Waals surface area (Å²) in [5, 5.41) is 0. The molecule has 0 saturated carbocycles. The number of methoxy groups -OCH3 is 1. The summed E-state index contributed by atoms with van der Waals surface area (Å²) in [5.74, 6) is 0. The minimum absolute atomic E-state index is 0.0334. The Morgan fingerprint density at radius 1 is 0.706 bits per heavy atom. The molecule has 0 saturated heterocycles. The third-order valence-electron chi connectivity index (χ3n) is 6.26. The molecule has 0 fully saturated rings. The first kappa shape index (κ1) is 34.0. The molecule has 0 aromatic heterocycles. The molecule has 0 rings (SSSR count). The lowest BCUT2D eigenvalue weighted by Gasteiger charge is -2.20. The maximum atomic E-state index is 12.0. The zero-order valence-corrected chi connectivity index (χ0v) is 23.7. The molecular weight excluding hydrogens is 453 g/mol. The van der Waals surface area contributed by atoms with Crippen LogP contribution in [0.2, 0.25) is 0 Å². The second-order valence-electron chi connectivity index (χ2n) is 9.15. The molecule has 0 aliphatic heterocycles. The molecule has 0 aromatic carbocycles. The average molecular weight is 510 g/mol. The van der Waals surface area contributed by atoms with Crippen molar-refractivity contribution >= 4 is 7.82 Å². The van der Waals surface area contributed by atoms with Crippen molar-refractivity contribution < 1.29 is 28.0 Å². The molecule has 0 aliphatic rings. The van der Waals surface area contributed by atoms with Crippen LogP contribution in [-0.2, 0) is 23.1 Å². The van der Waals surface area contributed by atoms with Gasteiger partial charge in [0.2, 0.25) is 0 Å². The van der Waals surface area contributed by atoms with Gasteiger partial charge >= 0.3 is 7.82 Å². The monoisotopic (exact) mass is 509 g/mol. The third-order valence-corrected chi connectivity index (χ3v) is 7.24. The maximum Gasteiger partial charge on any atom is 0.472 e. The van der Waals surface area contributed by atoms with Crippen molar-refractivity contribution in [3.8, 4) is 0 Å². The zero-order chi connectivity index (χ0) is 25.3. The summed E-state index contributed by atoms with van der Waals surface area (Å²) >= 11 is 0. The summed E-state index contributed by atoms with van der Waals surface area (Å²) in [6.45, 7) is 9.84. The predicted octanol–water partition coefficient (Wildman–Crippen LogP) is 6.97. The molecule has 8 heteroatoms. The molecule has 206 valence electrons. The fourth-order valence-electron chi connectivity index (χ4n) is 3.84. The van der Waals surface area contributed by atoms with Crippen LogP contribution < -0.4 is 0 Å². The fourth-order valence-corrected chi connectivity index (χ4v) is 4.58. The topological polar surface area (TPSA) is 77.5 Å². The number of rotatable bonds is 27. The van der Waals surface area contributed by atoms with Gasteiger partial charge in [-0.05, 0) is 19.5 Å². The van der Waals surface area contributed by atoms with Crippen molar-refractivity contribution in [2.24, 2.45) is 0 Å². The van der Waals surface area contributed by atoms with E-state index < -0.39 is 13.9 Å². The predicted molar refractivity (Wildman–Crippen MR) is 141 cm³/mol. The van der Waals surface area contributed by atoms with Gasteiger partial charge in [-0.15, -0.1) is 0 Å². The van der Waals surface area contributed by atoms with Crippen LogP contribution >= 0.6 is 7.82 Å². The number of hydrogen-bond donors (Lipinski definition) is 1. The van der Waals surface area contributed by atoms with Crippen molar-refractivity contribution in [2.45, 2.75) is 117 Å². The van der Waals surface area contributed by atoms with Crippen LogP contribution in [-0.4, -0.2) is 69.1 Å². The Balaban J connectivity index is 3.56. The van der Waals surface area contributed by atoms with Crippen molar-refractivity contribution in [1.82, 2.24) is 4.90 Å². The van der Waals surface area contributed by atoms with E-state index in [4.69, 9.17) is 18.5 Å².